The highest BCUT2D eigenvalue weighted by molar-refractivity contribution is 9.09. The van der Waals surface area contributed by atoms with Crippen molar-refractivity contribution < 1.29 is 0 Å². The van der Waals surface area contributed by atoms with Crippen LogP contribution < -0.4 is 0 Å². The van der Waals surface area contributed by atoms with E-state index in [0.29, 0.717) is 5.92 Å². The minimum Gasteiger partial charge on any atom is -0.165 e. The van der Waals surface area contributed by atoms with Crippen molar-refractivity contribution in [2.75, 3.05) is 17.3 Å². The molecule has 2 heteroatoms. The maximum Gasteiger partial charge on any atom is 0.0101 e. The Balaban J connectivity index is 2.73. The van der Waals surface area contributed by atoms with E-state index in [2.05, 4.69) is 53.4 Å². The van der Waals surface area contributed by atoms with Gasteiger partial charge in [-0.1, -0.05) is 40.2 Å². The second-order valence-corrected chi connectivity index (χ2v) is 5.12. The Morgan fingerprint density at radius 2 is 2.07 bits per heavy atom. The molecule has 0 nitrogen and oxygen atoms in total. The fourth-order valence-electron chi connectivity index (χ4n) is 1.62. The highest BCUT2D eigenvalue weighted by Gasteiger charge is 2.11. The van der Waals surface area contributed by atoms with Gasteiger partial charge in [0.25, 0.3) is 0 Å². The Bertz CT molecular complexity index is 273. The number of aryl methyl sites for hydroxylation is 1. The van der Waals surface area contributed by atoms with Gasteiger partial charge in [-0.2, -0.15) is 11.8 Å². The second kappa shape index (κ2) is 6.52. The molecule has 0 aliphatic rings. The number of alkyl halides is 1. The van der Waals surface area contributed by atoms with Gasteiger partial charge in [-0.25, -0.2) is 0 Å². The van der Waals surface area contributed by atoms with Crippen LogP contribution in [0.15, 0.2) is 24.3 Å². The zero-order chi connectivity index (χ0) is 10.4. The summed E-state index contributed by atoms with van der Waals surface area (Å²) < 4.78 is 0. The van der Waals surface area contributed by atoms with Crippen molar-refractivity contribution in [2.45, 2.75) is 19.3 Å². The van der Waals surface area contributed by atoms with Gasteiger partial charge in [-0.05, 0) is 42.4 Å². The van der Waals surface area contributed by atoms with Crippen LogP contribution in [-0.4, -0.2) is 17.3 Å². The lowest BCUT2D eigenvalue weighted by molar-refractivity contribution is 0.751. The lowest BCUT2D eigenvalue weighted by atomic mass is 9.94. The molecule has 1 aromatic carbocycles. The largest absolute Gasteiger partial charge is 0.165 e. The summed E-state index contributed by atoms with van der Waals surface area (Å²) in [6, 6.07) is 8.70. The zero-order valence-electron chi connectivity index (χ0n) is 8.79. The molecule has 1 aromatic rings. The number of rotatable bonds is 5. The first-order valence-corrected chi connectivity index (χ1v) is 7.41. The predicted octanol–water partition coefficient (Wildman–Crippen LogP) is 4.23. The summed E-state index contributed by atoms with van der Waals surface area (Å²) in [4.78, 5) is 0. The Hall–Kier alpha value is 0.0500. The molecule has 14 heavy (non-hydrogen) atoms. The van der Waals surface area contributed by atoms with Gasteiger partial charge < -0.3 is 0 Å². The van der Waals surface area contributed by atoms with Crippen LogP contribution in [0.4, 0.5) is 0 Å². The summed E-state index contributed by atoms with van der Waals surface area (Å²) in [7, 11) is 0. The van der Waals surface area contributed by atoms with Crippen LogP contribution in [0.1, 0.15) is 23.5 Å². The van der Waals surface area contributed by atoms with E-state index in [9.17, 15) is 0 Å². The summed E-state index contributed by atoms with van der Waals surface area (Å²) in [5.74, 6) is 1.91. The van der Waals surface area contributed by atoms with E-state index in [-0.39, 0.29) is 0 Å². The van der Waals surface area contributed by atoms with E-state index in [1.807, 2.05) is 11.8 Å². The molecule has 1 rings (SSSR count). The van der Waals surface area contributed by atoms with Gasteiger partial charge >= 0.3 is 0 Å². The minimum atomic E-state index is 0.670. The van der Waals surface area contributed by atoms with Crippen LogP contribution in [-0.2, 0) is 0 Å². The molecule has 1 atom stereocenters. The molecule has 0 heterocycles. The average molecular weight is 273 g/mol. The number of thioether (sulfide) groups is 1. The minimum absolute atomic E-state index is 0.670. The van der Waals surface area contributed by atoms with E-state index in [1.54, 1.807) is 0 Å². The third kappa shape index (κ3) is 3.32. The summed E-state index contributed by atoms with van der Waals surface area (Å²) in [6.45, 7) is 2.20. The SMILES string of the molecule is CSCCC(CBr)c1ccccc1C. The van der Waals surface area contributed by atoms with Crippen LogP contribution in [0.2, 0.25) is 0 Å². The lowest BCUT2D eigenvalue weighted by Crippen LogP contribution is -2.03. The van der Waals surface area contributed by atoms with Crippen molar-refractivity contribution >= 4 is 27.7 Å². The van der Waals surface area contributed by atoms with Crippen LogP contribution >= 0.6 is 27.7 Å². The fraction of sp³-hybridized carbons (Fsp3) is 0.500. The molecule has 0 saturated heterocycles. The van der Waals surface area contributed by atoms with Crippen LogP contribution in [0.5, 0.6) is 0 Å². The van der Waals surface area contributed by atoms with Gasteiger partial charge in [0.1, 0.15) is 0 Å². The van der Waals surface area contributed by atoms with Gasteiger partial charge in [-0.3, -0.25) is 0 Å². The van der Waals surface area contributed by atoms with E-state index >= 15 is 0 Å². The number of hydrogen-bond donors (Lipinski definition) is 0. The predicted molar refractivity (Wildman–Crippen MR) is 70.7 cm³/mol. The molecule has 0 aromatic heterocycles. The summed E-state index contributed by atoms with van der Waals surface area (Å²) in [5, 5.41) is 1.07. The number of halogens is 1. The number of benzene rings is 1. The summed E-state index contributed by atoms with van der Waals surface area (Å²) >= 11 is 5.53. The highest BCUT2D eigenvalue weighted by Crippen LogP contribution is 2.25. The van der Waals surface area contributed by atoms with Crippen molar-refractivity contribution in [1.29, 1.82) is 0 Å². The second-order valence-electron chi connectivity index (χ2n) is 3.49. The van der Waals surface area contributed by atoms with E-state index < -0.39 is 0 Å². The molecule has 0 aliphatic carbocycles. The van der Waals surface area contributed by atoms with Crippen LogP contribution in [0.3, 0.4) is 0 Å². The Morgan fingerprint density at radius 3 is 2.64 bits per heavy atom. The molecule has 0 bridgehead atoms. The van der Waals surface area contributed by atoms with Gasteiger partial charge in [0.2, 0.25) is 0 Å². The molecule has 0 N–H and O–H groups in total. The quantitative estimate of drug-likeness (QED) is 0.723. The molecular formula is C12H17BrS. The summed E-state index contributed by atoms with van der Waals surface area (Å²) in [6.07, 6.45) is 3.43. The van der Waals surface area contributed by atoms with Crippen molar-refractivity contribution in [3.8, 4) is 0 Å². The Labute approximate surface area is 99.6 Å². The Morgan fingerprint density at radius 1 is 1.36 bits per heavy atom. The third-order valence-electron chi connectivity index (χ3n) is 2.48. The van der Waals surface area contributed by atoms with Crippen molar-refractivity contribution in [2.24, 2.45) is 0 Å². The first kappa shape index (κ1) is 12.1. The molecule has 0 radical (unpaired) electrons. The first-order valence-electron chi connectivity index (χ1n) is 4.90. The average Bonchev–Trinajstić information content (AvgIpc) is 2.21. The summed E-state index contributed by atoms with van der Waals surface area (Å²) in [5.41, 5.74) is 2.91. The Kier molecular flexibility index (Phi) is 5.64. The molecule has 0 saturated carbocycles. The topological polar surface area (TPSA) is 0 Å². The lowest BCUT2D eigenvalue weighted by Gasteiger charge is -2.16. The van der Waals surface area contributed by atoms with E-state index in [1.165, 1.54) is 23.3 Å². The molecular weight excluding hydrogens is 256 g/mol. The van der Waals surface area contributed by atoms with Crippen LogP contribution in [0.25, 0.3) is 0 Å². The van der Waals surface area contributed by atoms with E-state index in [4.69, 9.17) is 0 Å². The third-order valence-corrected chi connectivity index (χ3v) is 3.91. The molecule has 78 valence electrons. The monoisotopic (exact) mass is 272 g/mol. The maximum absolute atomic E-state index is 3.61. The van der Waals surface area contributed by atoms with Crippen molar-refractivity contribution in [3.05, 3.63) is 35.4 Å². The first-order chi connectivity index (χ1) is 6.79. The molecule has 0 amide bonds. The normalized spacial score (nSPS) is 12.8. The maximum atomic E-state index is 3.61. The van der Waals surface area contributed by atoms with Gasteiger partial charge in [0.15, 0.2) is 0 Å². The highest BCUT2D eigenvalue weighted by atomic mass is 79.9. The van der Waals surface area contributed by atoms with Crippen LogP contribution in [0, 0.1) is 6.92 Å². The smallest absolute Gasteiger partial charge is 0.0101 e. The fourth-order valence-corrected chi connectivity index (χ4v) is 2.81. The molecule has 0 aliphatic heterocycles. The van der Waals surface area contributed by atoms with Crippen molar-refractivity contribution in [3.63, 3.8) is 0 Å². The standard InChI is InChI=1S/C12H17BrS/c1-10-5-3-4-6-12(10)11(9-13)7-8-14-2/h3-6,11H,7-9H2,1-2H3. The zero-order valence-corrected chi connectivity index (χ0v) is 11.2. The van der Waals surface area contributed by atoms with E-state index in [0.717, 1.165) is 5.33 Å². The van der Waals surface area contributed by atoms with Gasteiger partial charge in [0.05, 0.1) is 0 Å². The van der Waals surface area contributed by atoms with Crippen molar-refractivity contribution in [1.82, 2.24) is 0 Å². The van der Waals surface area contributed by atoms with Gasteiger partial charge in [0, 0.05) is 5.33 Å². The molecule has 0 fully saturated rings. The number of hydrogen-bond acceptors (Lipinski definition) is 1. The molecule has 0 spiro atoms. The molecule has 1 unspecified atom stereocenters. The van der Waals surface area contributed by atoms with Gasteiger partial charge in [-0.15, -0.1) is 0 Å².